The Morgan fingerprint density at radius 2 is 1.53 bits per heavy atom. The van der Waals surface area contributed by atoms with Crippen molar-refractivity contribution in [3.63, 3.8) is 0 Å². The SMILES string of the molecule is COc1ccc(C(=O)Nc2ccc(C)cc2)cc1NC(=S)Nc1cc(Cl)cc(Cl)c1. The zero-order valence-electron chi connectivity index (χ0n) is 16.3. The van der Waals surface area contributed by atoms with Crippen molar-refractivity contribution in [1.82, 2.24) is 0 Å². The first-order valence-corrected chi connectivity index (χ1v) is 10.1. The third kappa shape index (κ3) is 5.86. The first-order chi connectivity index (χ1) is 14.3. The molecule has 0 aliphatic carbocycles. The van der Waals surface area contributed by atoms with E-state index in [1.165, 1.54) is 0 Å². The van der Waals surface area contributed by atoms with Crippen LogP contribution in [-0.4, -0.2) is 18.1 Å². The lowest BCUT2D eigenvalue weighted by Crippen LogP contribution is -2.20. The van der Waals surface area contributed by atoms with E-state index in [1.807, 2.05) is 31.2 Å². The number of ether oxygens (including phenoxy) is 1. The highest BCUT2D eigenvalue weighted by Gasteiger charge is 2.12. The molecule has 3 N–H and O–H groups in total. The van der Waals surface area contributed by atoms with Crippen molar-refractivity contribution in [2.45, 2.75) is 6.92 Å². The minimum Gasteiger partial charge on any atom is -0.495 e. The number of aryl methyl sites for hydroxylation is 1. The summed E-state index contributed by atoms with van der Waals surface area (Å²) in [7, 11) is 1.54. The van der Waals surface area contributed by atoms with Gasteiger partial charge in [-0.3, -0.25) is 4.79 Å². The van der Waals surface area contributed by atoms with Gasteiger partial charge in [-0.25, -0.2) is 0 Å². The van der Waals surface area contributed by atoms with Crippen molar-refractivity contribution in [3.05, 3.63) is 81.8 Å². The number of anilines is 3. The van der Waals surface area contributed by atoms with Crippen molar-refractivity contribution in [2.75, 3.05) is 23.1 Å². The summed E-state index contributed by atoms with van der Waals surface area (Å²) in [5.41, 5.74) is 3.46. The van der Waals surface area contributed by atoms with Crippen molar-refractivity contribution in [1.29, 1.82) is 0 Å². The van der Waals surface area contributed by atoms with Gasteiger partial charge in [0.1, 0.15) is 5.75 Å². The van der Waals surface area contributed by atoms with Crippen molar-refractivity contribution >= 4 is 63.5 Å². The molecule has 0 heterocycles. The van der Waals surface area contributed by atoms with Gasteiger partial charge in [-0.1, -0.05) is 40.9 Å². The summed E-state index contributed by atoms with van der Waals surface area (Å²) < 4.78 is 5.38. The second kappa shape index (κ2) is 9.80. The molecule has 154 valence electrons. The number of methoxy groups -OCH3 is 1. The smallest absolute Gasteiger partial charge is 0.255 e. The number of amides is 1. The fourth-order valence-electron chi connectivity index (χ4n) is 2.70. The van der Waals surface area contributed by atoms with E-state index >= 15 is 0 Å². The Kier molecular flexibility index (Phi) is 7.15. The summed E-state index contributed by atoms with van der Waals surface area (Å²) in [6.07, 6.45) is 0. The highest BCUT2D eigenvalue weighted by molar-refractivity contribution is 7.80. The van der Waals surface area contributed by atoms with Crippen LogP contribution in [-0.2, 0) is 0 Å². The van der Waals surface area contributed by atoms with Gasteiger partial charge in [0, 0.05) is 27.0 Å². The van der Waals surface area contributed by atoms with Crippen molar-refractivity contribution in [3.8, 4) is 5.75 Å². The molecule has 0 atom stereocenters. The molecule has 0 spiro atoms. The molecule has 5 nitrogen and oxygen atoms in total. The number of rotatable bonds is 5. The minimum absolute atomic E-state index is 0.245. The largest absolute Gasteiger partial charge is 0.495 e. The Labute approximate surface area is 190 Å². The first-order valence-electron chi connectivity index (χ1n) is 8.94. The molecule has 0 saturated heterocycles. The average molecular weight is 460 g/mol. The molecule has 3 aromatic carbocycles. The van der Waals surface area contributed by atoms with Crippen LogP contribution in [0.1, 0.15) is 15.9 Å². The Morgan fingerprint density at radius 1 is 0.867 bits per heavy atom. The summed E-state index contributed by atoms with van der Waals surface area (Å²) in [5.74, 6) is 0.292. The maximum Gasteiger partial charge on any atom is 0.255 e. The Bertz CT molecular complexity index is 1070. The molecule has 8 heteroatoms. The van der Waals surface area contributed by atoms with Gasteiger partial charge in [0.05, 0.1) is 12.8 Å². The Hall–Kier alpha value is -2.80. The van der Waals surface area contributed by atoms with E-state index in [2.05, 4.69) is 16.0 Å². The quantitative estimate of drug-likeness (QED) is 0.386. The van der Waals surface area contributed by atoms with Gasteiger partial charge in [-0.15, -0.1) is 0 Å². The topological polar surface area (TPSA) is 62.4 Å². The van der Waals surface area contributed by atoms with E-state index in [4.69, 9.17) is 40.2 Å². The van der Waals surface area contributed by atoms with Crippen LogP contribution in [0.15, 0.2) is 60.7 Å². The first kappa shape index (κ1) is 21.9. The van der Waals surface area contributed by atoms with Crippen LogP contribution in [0.3, 0.4) is 0 Å². The number of thiocarbonyl (C=S) groups is 1. The number of halogens is 2. The van der Waals surface area contributed by atoms with E-state index in [0.29, 0.717) is 43.5 Å². The molecule has 3 aromatic rings. The van der Waals surface area contributed by atoms with Crippen LogP contribution < -0.4 is 20.7 Å². The lowest BCUT2D eigenvalue weighted by molar-refractivity contribution is 0.102. The number of hydrogen-bond acceptors (Lipinski definition) is 3. The summed E-state index contributed by atoms with van der Waals surface area (Å²) in [5, 5.41) is 10.2. The molecule has 3 rings (SSSR count). The molecule has 0 aromatic heterocycles. The average Bonchev–Trinajstić information content (AvgIpc) is 2.68. The normalized spacial score (nSPS) is 10.3. The molecule has 0 radical (unpaired) electrons. The monoisotopic (exact) mass is 459 g/mol. The number of hydrogen-bond donors (Lipinski definition) is 3. The van der Waals surface area contributed by atoms with Crippen LogP contribution in [0.5, 0.6) is 5.75 Å². The van der Waals surface area contributed by atoms with Crippen LogP contribution in [0, 0.1) is 6.92 Å². The summed E-state index contributed by atoms with van der Waals surface area (Å²) in [6, 6.07) is 17.6. The standard InChI is InChI=1S/C22H19Cl2N3O2S/c1-13-3-6-17(7-4-13)25-21(28)14-5-8-20(29-2)19(9-14)27-22(30)26-18-11-15(23)10-16(24)12-18/h3-12H,1-2H3,(H,25,28)(H2,26,27,30). The van der Waals surface area contributed by atoms with Gasteiger partial charge in [0.2, 0.25) is 0 Å². The zero-order valence-corrected chi connectivity index (χ0v) is 18.6. The van der Waals surface area contributed by atoms with Crippen LogP contribution in [0.25, 0.3) is 0 Å². The summed E-state index contributed by atoms with van der Waals surface area (Å²) >= 11 is 17.4. The number of carbonyl (C=O) groups is 1. The van der Waals surface area contributed by atoms with Gasteiger partial charge in [-0.2, -0.15) is 0 Å². The number of carbonyl (C=O) groups excluding carboxylic acids is 1. The highest BCUT2D eigenvalue weighted by atomic mass is 35.5. The maximum atomic E-state index is 12.6. The second-order valence-electron chi connectivity index (χ2n) is 6.47. The third-order valence-electron chi connectivity index (χ3n) is 4.14. The molecule has 0 bridgehead atoms. The molecule has 0 fully saturated rings. The van der Waals surface area contributed by atoms with E-state index in [-0.39, 0.29) is 5.91 Å². The number of benzene rings is 3. The van der Waals surface area contributed by atoms with Gasteiger partial charge in [-0.05, 0) is 67.7 Å². The second-order valence-corrected chi connectivity index (χ2v) is 7.75. The predicted octanol–water partition coefficient (Wildman–Crippen LogP) is 6.37. The lowest BCUT2D eigenvalue weighted by Gasteiger charge is -2.15. The molecule has 0 unspecified atom stereocenters. The predicted molar refractivity (Wildman–Crippen MR) is 128 cm³/mol. The van der Waals surface area contributed by atoms with Gasteiger partial charge in [0.25, 0.3) is 5.91 Å². The van der Waals surface area contributed by atoms with Crippen LogP contribution >= 0.6 is 35.4 Å². The molecule has 0 aliphatic heterocycles. The van der Waals surface area contributed by atoms with Gasteiger partial charge in [0.15, 0.2) is 5.11 Å². The van der Waals surface area contributed by atoms with Crippen molar-refractivity contribution in [2.24, 2.45) is 0 Å². The Morgan fingerprint density at radius 3 is 2.17 bits per heavy atom. The fraction of sp³-hybridized carbons (Fsp3) is 0.0909. The molecule has 0 saturated carbocycles. The molecule has 1 amide bonds. The van der Waals surface area contributed by atoms with Crippen LogP contribution in [0.2, 0.25) is 10.0 Å². The minimum atomic E-state index is -0.245. The molecular weight excluding hydrogens is 441 g/mol. The summed E-state index contributed by atoms with van der Waals surface area (Å²) in [6.45, 7) is 1.99. The molecular formula is C22H19Cl2N3O2S. The molecule has 30 heavy (non-hydrogen) atoms. The number of nitrogens with one attached hydrogen (secondary N) is 3. The van der Waals surface area contributed by atoms with Crippen LogP contribution in [0.4, 0.5) is 17.1 Å². The third-order valence-corrected chi connectivity index (χ3v) is 4.78. The van der Waals surface area contributed by atoms with Gasteiger partial charge >= 0.3 is 0 Å². The summed E-state index contributed by atoms with van der Waals surface area (Å²) in [4.78, 5) is 12.6. The zero-order chi connectivity index (χ0) is 21.7. The van der Waals surface area contributed by atoms with E-state index < -0.39 is 0 Å². The highest BCUT2D eigenvalue weighted by Crippen LogP contribution is 2.27. The fourth-order valence-corrected chi connectivity index (χ4v) is 3.45. The van der Waals surface area contributed by atoms with E-state index in [0.717, 1.165) is 5.56 Å². The van der Waals surface area contributed by atoms with E-state index in [1.54, 1.807) is 43.5 Å². The van der Waals surface area contributed by atoms with Gasteiger partial charge < -0.3 is 20.7 Å². The molecule has 0 aliphatic rings. The Balaban J connectivity index is 1.75. The van der Waals surface area contributed by atoms with Crippen molar-refractivity contribution < 1.29 is 9.53 Å². The lowest BCUT2D eigenvalue weighted by atomic mass is 10.1. The maximum absolute atomic E-state index is 12.6. The van der Waals surface area contributed by atoms with E-state index in [9.17, 15) is 4.79 Å².